The molecule has 0 spiro atoms. The third kappa shape index (κ3) is 4.84. The number of halogens is 3. The predicted molar refractivity (Wildman–Crippen MR) is 86.4 cm³/mol. The summed E-state index contributed by atoms with van der Waals surface area (Å²) in [6, 6.07) is 7.34. The first-order chi connectivity index (χ1) is 12.0. The van der Waals surface area contributed by atoms with E-state index in [0.29, 0.717) is 5.69 Å². The van der Waals surface area contributed by atoms with Crippen molar-refractivity contribution in [2.75, 3.05) is 0 Å². The molecule has 0 atom stereocenters. The first-order valence-electron chi connectivity index (χ1n) is 7.71. The second-order valence-corrected chi connectivity index (χ2v) is 6.45. The van der Waals surface area contributed by atoms with E-state index in [-0.39, 0.29) is 13.0 Å². The van der Waals surface area contributed by atoms with Gasteiger partial charge in [-0.25, -0.2) is 4.68 Å². The molecule has 6 nitrogen and oxygen atoms in total. The standard InChI is InChI=1S/C17H18F3N3O3/c1-16(2,15(25)26)9-14(24)21-10-11-3-5-12(6-4-11)23-8-7-13(22-23)17(18,19)20/h3-8H,9-10H2,1-2H3,(H,21,24)(H,25,26). The Bertz CT molecular complexity index is 796. The van der Waals surface area contributed by atoms with E-state index >= 15 is 0 Å². The van der Waals surface area contributed by atoms with E-state index in [1.807, 2.05) is 0 Å². The Hall–Kier alpha value is -2.84. The molecular formula is C17H18F3N3O3. The van der Waals surface area contributed by atoms with Gasteiger partial charge in [0.1, 0.15) is 0 Å². The van der Waals surface area contributed by atoms with Crippen LogP contribution in [0.4, 0.5) is 13.2 Å². The maximum Gasteiger partial charge on any atom is 0.435 e. The molecular weight excluding hydrogens is 351 g/mol. The summed E-state index contributed by atoms with van der Waals surface area (Å²) < 4.78 is 38.8. The fourth-order valence-corrected chi connectivity index (χ4v) is 2.13. The number of nitrogens with one attached hydrogen (secondary N) is 1. The Labute approximate surface area is 147 Å². The number of aliphatic carboxylic acids is 1. The van der Waals surface area contributed by atoms with Gasteiger partial charge in [0.15, 0.2) is 5.69 Å². The number of benzene rings is 1. The number of hydrogen-bond donors (Lipinski definition) is 2. The summed E-state index contributed by atoms with van der Waals surface area (Å²) in [5, 5.41) is 15.1. The van der Waals surface area contributed by atoms with Gasteiger partial charge in [0.05, 0.1) is 11.1 Å². The average Bonchev–Trinajstić information content (AvgIpc) is 3.03. The van der Waals surface area contributed by atoms with E-state index in [2.05, 4.69) is 10.4 Å². The number of hydrogen-bond acceptors (Lipinski definition) is 3. The van der Waals surface area contributed by atoms with Gasteiger partial charge in [-0.05, 0) is 37.6 Å². The first-order valence-corrected chi connectivity index (χ1v) is 7.71. The molecule has 0 aliphatic rings. The van der Waals surface area contributed by atoms with Crippen molar-refractivity contribution < 1.29 is 27.9 Å². The summed E-state index contributed by atoms with van der Waals surface area (Å²) >= 11 is 0. The first kappa shape index (κ1) is 19.5. The van der Waals surface area contributed by atoms with E-state index in [0.717, 1.165) is 16.3 Å². The molecule has 0 saturated carbocycles. The number of amides is 1. The zero-order valence-corrected chi connectivity index (χ0v) is 14.2. The highest BCUT2D eigenvalue weighted by Gasteiger charge is 2.33. The van der Waals surface area contributed by atoms with Crippen LogP contribution in [0.15, 0.2) is 36.5 Å². The van der Waals surface area contributed by atoms with E-state index in [1.165, 1.54) is 20.0 Å². The van der Waals surface area contributed by atoms with Crippen LogP contribution >= 0.6 is 0 Å². The van der Waals surface area contributed by atoms with Crippen LogP contribution in [0.2, 0.25) is 0 Å². The molecule has 0 saturated heterocycles. The maximum absolute atomic E-state index is 12.6. The Kier molecular flexibility index (Phi) is 5.38. The molecule has 2 aromatic rings. The molecule has 1 heterocycles. The van der Waals surface area contributed by atoms with Crippen LogP contribution in [-0.2, 0) is 22.3 Å². The van der Waals surface area contributed by atoms with Gasteiger partial charge in [0.25, 0.3) is 0 Å². The molecule has 0 unspecified atom stereocenters. The monoisotopic (exact) mass is 369 g/mol. The number of carboxylic acid groups (broad SMARTS) is 1. The molecule has 0 aliphatic carbocycles. The second-order valence-electron chi connectivity index (χ2n) is 6.45. The smallest absolute Gasteiger partial charge is 0.435 e. The number of alkyl halides is 3. The maximum atomic E-state index is 12.6. The Balaban J connectivity index is 1.97. The van der Waals surface area contributed by atoms with E-state index in [1.54, 1.807) is 24.3 Å². The topological polar surface area (TPSA) is 84.2 Å². The van der Waals surface area contributed by atoms with Crippen molar-refractivity contribution >= 4 is 11.9 Å². The minimum atomic E-state index is -4.50. The Morgan fingerprint density at radius 1 is 1.15 bits per heavy atom. The van der Waals surface area contributed by atoms with E-state index < -0.39 is 29.2 Å². The molecule has 2 rings (SSSR count). The number of aromatic nitrogens is 2. The van der Waals surface area contributed by atoms with Gasteiger partial charge >= 0.3 is 12.1 Å². The lowest BCUT2D eigenvalue weighted by Gasteiger charge is -2.18. The van der Waals surface area contributed by atoms with Crippen LogP contribution < -0.4 is 5.32 Å². The van der Waals surface area contributed by atoms with Gasteiger partial charge in [-0.1, -0.05) is 12.1 Å². The van der Waals surface area contributed by atoms with Crippen LogP contribution in [-0.4, -0.2) is 26.8 Å². The summed E-state index contributed by atoms with van der Waals surface area (Å²) in [5.41, 5.74) is -0.972. The predicted octanol–water partition coefficient (Wildman–Crippen LogP) is 3.01. The van der Waals surface area contributed by atoms with Crippen LogP contribution in [0, 0.1) is 5.41 Å². The van der Waals surface area contributed by atoms with Gasteiger partial charge in [-0.2, -0.15) is 18.3 Å². The molecule has 140 valence electrons. The summed E-state index contributed by atoms with van der Waals surface area (Å²) in [6.45, 7) is 3.10. The lowest BCUT2D eigenvalue weighted by Crippen LogP contribution is -2.33. The van der Waals surface area contributed by atoms with Crippen molar-refractivity contribution in [1.82, 2.24) is 15.1 Å². The second kappa shape index (κ2) is 7.19. The van der Waals surface area contributed by atoms with Gasteiger partial charge in [0, 0.05) is 19.2 Å². The third-order valence-electron chi connectivity index (χ3n) is 3.75. The normalized spacial score (nSPS) is 12.0. The fraction of sp³-hybridized carbons (Fsp3) is 0.353. The quantitative estimate of drug-likeness (QED) is 0.820. The Morgan fingerprint density at radius 3 is 2.27 bits per heavy atom. The highest BCUT2D eigenvalue weighted by molar-refractivity contribution is 5.84. The zero-order valence-electron chi connectivity index (χ0n) is 14.2. The van der Waals surface area contributed by atoms with Crippen molar-refractivity contribution in [3.63, 3.8) is 0 Å². The minimum absolute atomic E-state index is 0.159. The molecule has 26 heavy (non-hydrogen) atoms. The van der Waals surface area contributed by atoms with Crippen molar-refractivity contribution in [2.45, 2.75) is 33.0 Å². The summed E-state index contributed by atoms with van der Waals surface area (Å²) in [5.74, 6) is -1.46. The van der Waals surface area contributed by atoms with E-state index in [4.69, 9.17) is 5.11 Å². The van der Waals surface area contributed by atoms with Crippen LogP contribution in [0.25, 0.3) is 5.69 Å². The molecule has 0 bridgehead atoms. The lowest BCUT2D eigenvalue weighted by atomic mass is 9.89. The number of nitrogens with zero attached hydrogens (tertiary/aromatic N) is 2. The number of carbonyl (C=O) groups excluding carboxylic acids is 1. The largest absolute Gasteiger partial charge is 0.481 e. The summed E-state index contributed by atoms with van der Waals surface area (Å²) in [4.78, 5) is 22.8. The van der Waals surface area contributed by atoms with Crippen molar-refractivity contribution in [3.05, 3.63) is 47.8 Å². The van der Waals surface area contributed by atoms with Crippen LogP contribution in [0.1, 0.15) is 31.5 Å². The molecule has 1 aromatic carbocycles. The minimum Gasteiger partial charge on any atom is -0.481 e. The number of rotatable bonds is 6. The highest BCUT2D eigenvalue weighted by atomic mass is 19.4. The molecule has 0 fully saturated rings. The van der Waals surface area contributed by atoms with Crippen molar-refractivity contribution in [2.24, 2.45) is 5.41 Å². The summed E-state index contributed by atoms with van der Waals surface area (Å²) in [6.07, 6.45) is -3.44. The molecule has 0 radical (unpaired) electrons. The molecule has 1 aromatic heterocycles. The lowest BCUT2D eigenvalue weighted by molar-refractivity contribution is -0.149. The highest BCUT2D eigenvalue weighted by Crippen LogP contribution is 2.27. The third-order valence-corrected chi connectivity index (χ3v) is 3.75. The molecule has 1 amide bonds. The average molecular weight is 369 g/mol. The number of carboxylic acids is 1. The van der Waals surface area contributed by atoms with Gasteiger partial charge in [-0.3, -0.25) is 9.59 Å². The SMILES string of the molecule is CC(C)(CC(=O)NCc1ccc(-n2ccc(C(F)(F)F)n2)cc1)C(=O)O. The molecule has 2 N–H and O–H groups in total. The molecule has 0 aliphatic heterocycles. The Morgan fingerprint density at radius 2 is 1.77 bits per heavy atom. The van der Waals surface area contributed by atoms with Crippen molar-refractivity contribution in [3.8, 4) is 5.69 Å². The molecule has 9 heteroatoms. The van der Waals surface area contributed by atoms with E-state index in [9.17, 15) is 22.8 Å². The van der Waals surface area contributed by atoms with Gasteiger partial charge in [-0.15, -0.1) is 0 Å². The van der Waals surface area contributed by atoms with Crippen LogP contribution in [0.5, 0.6) is 0 Å². The zero-order chi connectivity index (χ0) is 19.5. The summed E-state index contributed by atoms with van der Waals surface area (Å²) in [7, 11) is 0. The van der Waals surface area contributed by atoms with Crippen molar-refractivity contribution in [1.29, 1.82) is 0 Å². The van der Waals surface area contributed by atoms with Gasteiger partial charge < -0.3 is 10.4 Å². The fourth-order valence-electron chi connectivity index (χ4n) is 2.13. The number of carbonyl (C=O) groups is 2. The van der Waals surface area contributed by atoms with Gasteiger partial charge in [0.2, 0.25) is 5.91 Å². The van der Waals surface area contributed by atoms with Crippen LogP contribution in [0.3, 0.4) is 0 Å².